The van der Waals surface area contributed by atoms with Gasteiger partial charge in [-0.25, -0.2) is 4.98 Å². The molecule has 4 aromatic rings. The number of aliphatic hydroxyl groups excluding tert-OH is 1. The first-order valence-electron chi connectivity index (χ1n) is 12.1. The number of anilines is 1. The molecule has 5 rings (SSSR count). The number of nitriles is 1. The molecule has 2 N–H and O–H groups in total. The third-order valence-corrected chi connectivity index (χ3v) is 6.56. The third-order valence-electron chi connectivity index (χ3n) is 6.56. The van der Waals surface area contributed by atoms with Crippen molar-refractivity contribution >= 4 is 16.8 Å². The number of fused-ring (bicyclic) bond motifs is 1. The molecule has 1 aliphatic heterocycles. The average Bonchev–Trinajstić information content (AvgIpc) is 3.37. The van der Waals surface area contributed by atoms with Crippen molar-refractivity contribution in [3.63, 3.8) is 0 Å². The van der Waals surface area contributed by atoms with Gasteiger partial charge in [-0.15, -0.1) is 0 Å². The fraction of sp³-hybridized carbons (Fsp3) is 0.321. The van der Waals surface area contributed by atoms with Crippen LogP contribution in [-0.4, -0.2) is 60.4 Å². The van der Waals surface area contributed by atoms with E-state index in [-0.39, 0.29) is 0 Å². The lowest BCUT2D eigenvalue weighted by Crippen LogP contribution is -2.28. The molecule has 37 heavy (non-hydrogen) atoms. The third kappa shape index (κ3) is 5.00. The lowest BCUT2D eigenvalue weighted by Gasteiger charge is -2.24. The highest BCUT2D eigenvalue weighted by Crippen LogP contribution is 2.37. The molecule has 0 radical (unpaired) electrons. The summed E-state index contributed by atoms with van der Waals surface area (Å²) in [4.78, 5) is 10.7. The van der Waals surface area contributed by atoms with E-state index >= 15 is 0 Å². The molecule has 3 aromatic heterocycles. The Morgan fingerprint density at radius 2 is 1.97 bits per heavy atom. The fourth-order valence-electron chi connectivity index (χ4n) is 4.51. The molecule has 9 heteroatoms. The minimum Gasteiger partial charge on any atom is -0.494 e. The number of hydrogen-bond donors (Lipinski definition) is 2. The predicted molar refractivity (Wildman–Crippen MR) is 140 cm³/mol. The van der Waals surface area contributed by atoms with E-state index in [0.717, 1.165) is 42.9 Å². The van der Waals surface area contributed by atoms with E-state index in [9.17, 15) is 10.4 Å². The van der Waals surface area contributed by atoms with Crippen LogP contribution in [0.15, 0.2) is 53.2 Å². The van der Waals surface area contributed by atoms with Crippen LogP contribution in [0.3, 0.4) is 0 Å². The molecule has 1 saturated heterocycles. The van der Waals surface area contributed by atoms with Gasteiger partial charge in [0.2, 0.25) is 0 Å². The maximum atomic E-state index is 10.4. The predicted octanol–water partition coefficient (Wildman–Crippen LogP) is 4.58. The van der Waals surface area contributed by atoms with Crippen LogP contribution in [-0.2, 0) is 4.74 Å². The maximum absolute atomic E-state index is 10.4. The van der Waals surface area contributed by atoms with Gasteiger partial charge in [0.05, 0.1) is 18.4 Å². The van der Waals surface area contributed by atoms with Crippen molar-refractivity contribution in [1.29, 1.82) is 5.26 Å². The van der Waals surface area contributed by atoms with Crippen LogP contribution >= 0.6 is 0 Å². The molecule has 0 saturated carbocycles. The first-order valence-corrected chi connectivity index (χ1v) is 12.1. The number of hydrogen-bond acceptors (Lipinski definition) is 9. The van der Waals surface area contributed by atoms with Gasteiger partial charge in [0.25, 0.3) is 0 Å². The monoisotopic (exact) mass is 499 g/mol. The molecule has 0 bridgehead atoms. The lowest BCUT2D eigenvalue weighted by molar-refractivity contribution is 0.0391. The minimum absolute atomic E-state index is 0.291. The number of methoxy groups -OCH3 is 1. The number of aromatic nitrogens is 2. The van der Waals surface area contributed by atoms with Crippen molar-refractivity contribution < 1.29 is 19.0 Å². The van der Waals surface area contributed by atoms with Gasteiger partial charge in [0, 0.05) is 48.8 Å². The Bertz CT molecular complexity index is 1450. The Balaban J connectivity index is 1.50. The van der Waals surface area contributed by atoms with Crippen LogP contribution in [0, 0.1) is 11.3 Å². The first-order chi connectivity index (χ1) is 18.0. The van der Waals surface area contributed by atoms with Gasteiger partial charge in [0.1, 0.15) is 29.3 Å². The summed E-state index contributed by atoms with van der Waals surface area (Å²) in [5.41, 5.74) is 5.44. The summed E-state index contributed by atoms with van der Waals surface area (Å²) >= 11 is 0. The number of aliphatic hydroxyl groups is 1. The minimum atomic E-state index is -0.808. The second kappa shape index (κ2) is 10.6. The van der Waals surface area contributed by atoms with Gasteiger partial charge in [-0.1, -0.05) is 6.07 Å². The van der Waals surface area contributed by atoms with Gasteiger partial charge < -0.3 is 24.3 Å². The van der Waals surface area contributed by atoms with Crippen molar-refractivity contribution in [2.24, 2.45) is 0 Å². The van der Waals surface area contributed by atoms with Crippen LogP contribution in [0.4, 0.5) is 5.69 Å². The Morgan fingerprint density at radius 1 is 1.16 bits per heavy atom. The van der Waals surface area contributed by atoms with E-state index in [1.165, 1.54) is 0 Å². The van der Waals surface area contributed by atoms with Gasteiger partial charge in [0.15, 0.2) is 11.3 Å². The lowest BCUT2D eigenvalue weighted by atomic mass is 10.0. The van der Waals surface area contributed by atoms with E-state index in [4.69, 9.17) is 13.9 Å². The summed E-state index contributed by atoms with van der Waals surface area (Å²) in [5, 5.41) is 23.7. The van der Waals surface area contributed by atoms with E-state index in [1.807, 2.05) is 30.3 Å². The highest BCUT2D eigenvalue weighted by atomic mass is 16.5. The highest BCUT2D eigenvalue weighted by molar-refractivity contribution is 5.93. The van der Waals surface area contributed by atoms with Crippen molar-refractivity contribution in [3.05, 3.63) is 59.9 Å². The van der Waals surface area contributed by atoms with E-state index in [2.05, 4.69) is 21.4 Å². The largest absolute Gasteiger partial charge is 0.494 e. The van der Waals surface area contributed by atoms with Crippen molar-refractivity contribution in [2.75, 3.05) is 39.7 Å². The van der Waals surface area contributed by atoms with E-state index < -0.39 is 6.23 Å². The zero-order valence-corrected chi connectivity index (χ0v) is 21.1. The zero-order valence-electron chi connectivity index (χ0n) is 21.1. The zero-order chi connectivity index (χ0) is 25.9. The van der Waals surface area contributed by atoms with E-state index in [0.29, 0.717) is 45.5 Å². The summed E-state index contributed by atoms with van der Waals surface area (Å²) < 4.78 is 17.3. The number of benzene rings is 1. The number of nitrogens with one attached hydrogen (secondary N) is 1. The number of pyridine rings is 2. The molecule has 190 valence electrons. The standard InChI is InChI=1S/C28H29N5O4/c1-33(2)28(34)19-13-24(35-3)26(31-16-19)25-14-23-27(37-25)21(6-9-30-23)17-4-5-22(18(12-17)15-29)32-20-7-10-36-11-8-20/h4-6,9,12-14,16,20,28,32,34H,7-8,10-11H2,1-3H3. The number of furan rings is 1. The normalized spacial score (nSPS) is 15.0. The number of nitrogens with zero attached hydrogens (tertiary/aromatic N) is 4. The van der Waals surface area contributed by atoms with Gasteiger partial charge in [-0.3, -0.25) is 9.88 Å². The van der Waals surface area contributed by atoms with Crippen LogP contribution in [0.1, 0.15) is 30.2 Å². The summed E-state index contributed by atoms with van der Waals surface area (Å²) in [6.07, 6.45) is 4.35. The molecule has 9 nitrogen and oxygen atoms in total. The topological polar surface area (TPSA) is 117 Å². The first kappa shape index (κ1) is 24.7. The molecule has 1 atom stereocenters. The molecule has 0 amide bonds. The number of rotatable bonds is 7. The Hall–Kier alpha value is -3.97. The van der Waals surface area contributed by atoms with Crippen LogP contribution in [0.25, 0.3) is 33.7 Å². The molecular formula is C28H29N5O4. The molecule has 1 fully saturated rings. The second-order valence-electron chi connectivity index (χ2n) is 9.24. The molecule has 1 aromatic carbocycles. The van der Waals surface area contributed by atoms with Gasteiger partial charge >= 0.3 is 0 Å². The van der Waals surface area contributed by atoms with Crippen LogP contribution in [0.5, 0.6) is 5.75 Å². The fourth-order valence-corrected chi connectivity index (χ4v) is 4.51. The molecular weight excluding hydrogens is 470 g/mol. The summed E-state index contributed by atoms with van der Waals surface area (Å²) in [5.74, 6) is 0.977. The Labute approximate surface area is 215 Å². The Kier molecular flexibility index (Phi) is 7.06. The smallest absolute Gasteiger partial charge is 0.161 e. The van der Waals surface area contributed by atoms with Crippen molar-refractivity contribution in [1.82, 2.24) is 14.9 Å². The highest BCUT2D eigenvalue weighted by Gasteiger charge is 2.20. The molecule has 0 spiro atoms. The number of ether oxygens (including phenoxy) is 2. The molecule has 0 aliphatic carbocycles. The SMILES string of the molecule is COc1cc(C(O)N(C)C)cnc1-c1cc2nccc(-c3ccc(NC4CCOCC4)c(C#N)c3)c2o1. The second-order valence-corrected chi connectivity index (χ2v) is 9.24. The van der Waals surface area contributed by atoms with Gasteiger partial charge in [-0.05, 0) is 56.8 Å². The quantitative estimate of drug-likeness (QED) is 0.352. The van der Waals surface area contributed by atoms with Crippen molar-refractivity contribution in [3.8, 4) is 34.4 Å². The van der Waals surface area contributed by atoms with Crippen molar-refractivity contribution in [2.45, 2.75) is 25.1 Å². The van der Waals surface area contributed by atoms with E-state index in [1.54, 1.807) is 44.6 Å². The van der Waals surface area contributed by atoms with Crippen LogP contribution < -0.4 is 10.1 Å². The van der Waals surface area contributed by atoms with Gasteiger partial charge in [-0.2, -0.15) is 5.26 Å². The summed E-state index contributed by atoms with van der Waals surface area (Å²) in [7, 11) is 5.11. The average molecular weight is 500 g/mol. The molecule has 1 aliphatic rings. The maximum Gasteiger partial charge on any atom is 0.161 e. The summed E-state index contributed by atoms with van der Waals surface area (Å²) in [6, 6.07) is 13.8. The summed E-state index contributed by atoms with van der Waals surface area (Å²) in [6.45, 7) is 1.46. The Morgan fingerprint density at radius 3 is 2.70 bits per heavy atom. The molecule has 4 heterocycles. The molecule has 1 unspecified atom stereocenters. The van der Waals surface area contributed by atoms with Crippen LogP contribution in [0.2, 0.25) is 0 Å².